The largest absolute Gasteiger partial charge is 0.356 e. The number of fused-ring (bicyclic) bond motifs is 1. The monoisotopic (exact) mass is 165 g/mol. The molecule has 62 valence electrons. The number of aryl methyl sites for hydroxylation is 2. The molecular formula is C9H8FNO. The van der Waals surface area contributed by atoms with Crippen LogP contribution in [0.5, 0.6) is 0 Å². The van der Waals surface area contributed by atoms with Crippen LogP contribution in [0.1, 0.15) is 11.3 Å². The zero-order chi connectivity index (χ0) is 8.72. The van der Waals surface area contributed by atoms with Gasteiger partial charge in [0.1, 0.15) is 5.82 Å². The molecular weight excluding hydrogens is 157 g/mol. The number of benzene rings is 1. The normalized spacial score (nSPS) is 10.9. The highest BCUT2D eigenvalue weighted by Gasteiger charge is 2.10. The van der Waals surface area contributed by atoms with Crippen molar-refractivity contribution in [3.8, 4) is 0 Å². The van der Waals surface area contributed by atoms with Gasteiger partial charge in [-0.15, -0.1) is 0 Å². The van der Waals surface area contributed by atoms with E-state index in [1.165, 1.54) is 0 Å². The minimum absolute atomic E-state index is 0.230. The van der Waals surface area contributed by atoms with E-state index in [1.807, 2.05) is 0 Å². The van der Waals surface area contributed by atoms with Crippen molar-refractivity contribution in [2.75, 3.05) is 0 Å². The van der Waals surface area contributed by atoms with Gasteiger partial charge in [-0.05, 0) is 25.5 Å². The molecule has 2 aromatic rings. The average molecular weight is 165 g/mol. The zero-order valence-corrected chi connectivity index (χ0v) is 6.89. The minimum Gasteiger partial charge on any atom is -0.356 e. The first-order chi connectivity index (χ1) is 5.70. The maximum atomic E-state index is 13.4. The molecule has 0 saturated heterocycles. The van der Waals surface area contributed by atoms with Crippen molar-refractivity contribution in [1.82, 2.24) is 5.16 Å². The summed E-state index contributed by atoms with van der Waals surface area (Å²) in [5.41, 5.74) is 1.73. The van der Waals surface area contributed by atoms with Crippen molar-refractivity contribution in [2.45, 2.75) is 13.8 Å². The second kappa shape index (κ2) is 2.30. The Bertz CT molecular complexity index is 433. The van der Waals surface area contributed by atoms with Gasteiger partial charge in [-0.3, -0.25) is 0 Å². The van der Waals surface area contributed by atoms with Crippen LogP contribution in [0.25, 0.3) is 11.0 Å². The standard InChI is InChI=1S/C9H8FNO/c1-5-3-4-7-8(9(5)10)6(2)11-12-7/h3-4H,1-2H3. The van der Waals surface area contributed by atoms with E-state index in [0.717, 1.165) is 0 Å². The van der Waals surface area contributed by atoms with Crippen molar-refractivity contribution < 1.29 is 8.91 Å². The fourth-order valence-electron chi connectivity index (χ4n) is 1.24. The summed E-state index contributed by atoms with van der Waals surface area (Å²) in [4.78, 5) is 0. The lowest BCUT2D eigenvalue weighted by atomic mass is 10.1. The van der Waals surface area contributed by atoms with Crippen LogP contribution in [0, 0.1) is 19.7 Å². The second-order valence-corrected chi connectivity index (χ2v) is 2.84. The highest BCUT2D eigenvalue weighted by Crippen LogP contribution is 2.23. The first-order valence-electron chi connectivity index (χ1n) is 3.71. The molecule has 0 spiro atoms. The molecule has 1 aromatic heterocycles. The summed E-state index contributed by atoms with van der Waals surface area (Å²) in [6, 6.07) is 3.41. The predicted molar refractivity (Wildman–Crippen MR) is 43.4 cm³/mol. The number of aromatic nitrogens is 1. The van der Waals surface area contributed by atoms with E-state index in [4.69, 9.17) is 4.52 Å². The minimum atomic E-state index is -0.230. The quantitative estimate of drug-likeness (QED) is 0.599. The van der Waals surface area contributed by atoms with Crippen molar-refractivity contribution in [2.24, 2.45) is 0 Å². The van der Waals surface area contributed by atoms with Crippen molar-refractivity contribution in [3.05, 3.63) is 29.2 Å². The highest BCUT2D eigenvalue weighted by molar-refractivity contribution is 5.80. The van der Waals surface area contributed by atoms with E-state index in [1.54, 1.807) is 26.0 Å². The number of halogens is 1. The predicted octanol–water partition coefficient (Wildman–Crippen LogP) is 2.58. The Morgan fingerprint density at radius 3 is 2.83 bits per heavy atom. The summed E-state index contributed by atoms with van der Waals surface area (Å²) in [5, 5.41) is 4.18. The average Bonchev–Trinajstić information content (AvgIpc) is 2.41. The van der Waals surface area contributed by atoms with Gasteiger partial charge in [0.25, 0.3) is 0 Å². The Kier molecular flexibility index (Phi) is 1.40. The molecule has 0 bridgehead atoms. The van der Waals surface area contributed by atoms with Crippen LogP contribution in [-0.4, -0.2) is 5.16 Å². The first kappa shape index (κ1) is 7.28. The third-order valence-electron chi connectivity index (χ3n) is 1.94. The van der Waals surface area contributed by atoms with Gasteiger partial charge in [0.05, 0.1) is 11.1 Å². The van der Waals surface area contributed by atoms with Gasteiger partial charge in [-0.25, -0.2) is 4.39 Å². The van der Waals surface area contributed by atoms with Gasteiger partial charge < -0.3 is 4.52 Å². The Morgan fingerprint density at radius 1 is 1.33 bits per heavy atom. The fraction of sp³-hybridized carbons (Fsp3) is 0.222. The van der Waals surface area contributed by atoms with E-state index in [2.05, 4.69) is 5.16 Å². The number of rotatable bonds is 0. The zero-order valence-electron chi connectivity index (χ0n) is 6.89. The van der Waals surface area contributed by atoms with Crippen LogP contribution in [0.4, 0.5) is 4.39 Å². The van der Waals surface area contributed by atoms with E-state index >= 15 is 0 Å². The number of hydrogen-bond acceptors (Lipinski definition) is 2. The summed E-state index contributed by atoms with van der Waals surface area (Å²) in [6.07, 6.45) is 0. The van der Waals surface area contributed by atoms with Gasteiger partial charge in [-0.1, -0.05) is 11.2 Å². The second-order valence-electron chi connectivity index (χ2n) is 2.84. The van der Waals surface area contributed by atoms with Crippen LogP contribution in [0.3, 0.4) is 0 Å². The van der Waals surface area contributed by atoms with E-state index in [0.29, 0.717) is 22.2 Å². The molecule has 0 atom stereocenters. The summed E-state index contributed by atoms with van der Waals surface area (Å²) in [5.74, 6) is -0.230. The van der Waals surface area contributed by atoms with Gasteiger partial charge in [0.2, 0.25) is 0 Å². The van der Waals surface area contributed by atoms with E-state index < -0.39 is 0 Å². The van der Waals surface area contributed by atoms with Crippen LogP contribution < -0.4 is 0 Å². The van der Waals surface area contributed by atoms with Crippen LogP contribution >= 0.6 is 0 Å². The Morgan fingerprint density at radius 2 is 2.08 bits per heavy atom. The molecule has 1 aromatic carbocycles. The van der Waals surface area contributed by atoms with Crippen molar-refractivity contribution in [1.29, 1.82) is 0 Å². The third-order valence-corrected chi connectivity index (χ3v) is 1.94. The van der Waals surface area contributed by atoms with E-state index in [-0.39, 0.29) is 5.82 Å². The molecule has 0 aliphatic carbocycles. The first-order valence-corrected chi connectivity index (χ1v) is 3.71. The highest BCUT2D eigenvalue weighted by atomic mass is 19.1. The molecule has 0 fully saturated rings. The summed E-state index contributed by atoms with van der Waals surface area (Å²) < 4.78 is 18.3. The Balaban J connectivity index is 2.96. The molecule has 2 nitrogen and oxygen atoms in total. The Hall–Kier alpha value is -1.38. The molecule has 2 rings (SSSR count). The van der Waals surface area contributed by atoms with Crippen molar-refractivity contribution >= 4 is 11.0 Å². The molecule has 0 aliphatic rings. The maximum Gasteiger partial charge on any atom is 0.170 e. The molecule has 1 heterocycles. The molecule has 0 aliphatic heterocycles. The molecule has 3 heteroatoms. The number of hydrogen-bond donors (Lipinski definition) is 0. The molecule has 0 amide bonds. The van der Waals surface area contributed by atoms with Crippen LogP contribution in [0.2, 0.25) is 0 Å². The smallest absolute Gasteiger partial charge is 0.170 e. The van der Waals surface area contributed by atoms with Gasteiger partial charge in [-0.2, -0.15) is 0 Å². The molecule has 0 N–H and O–H groups in total. The van der Waals surface area contributed by atoms with Gasteiger partial charge in [0, 0.05) is 0 Å². The van der Waals surface area contributed by atoms with E-state index in [9.17, 15) is 4.39 Å². The van der Waals surface area contributed by atoms with Gasteiger partial charge in [0.15, 0.2) is 5.58 Å². The van der Waals surface area contributed by atoms with Crippen LogP contribution in [0.15, 0.2) is 16.7 Å². The van der Waals surface area contributed by atoms with Gasteiger partial charge >= 0.3 is 0 Å². The maximum absolute atomic E-state index is 13.4. The third kappa shape index (κ3) is 0.826. The number of nitrogens with zero attached hydrogens (tertiary/aromatic N) is 1. The van der Waals surface area contributed by atoms with Crippen molar-refractivity contribution in [3.63, 3.8) is 0 Å². The lowest BCUT2D eigenvalue weighted by molar-refractivity contribution is 0.450. The fourth-order valence-corrected chi connectivity index (χ4v) is 1.24. The summed E-state index contributed by atoms with van der Waals surface area (Å²) in [6.45, 7) is 3.45. The molecule has 0 unspecified atom stereocenters. The summed E-state index contributed by atoms with van der Waals surface area (Å²) >= 11 is 0. The molecule has 12 heavy (non-hydrogen) atoms. The SMILES string of the molecule is Cc1ccc2onc(C)c2c1F. The topological polar surface area (TPSA) is 26.0 Å². The Labute approximate surface area is 69.0 Å². The summed E-state index contributed by atoms with van der Waals surface area (Å²) in [7, 11) is 0. The molecule has 0 radical (unpaired) electrons. The lowest BCUT2D eigenvalue weighted by Crippen LogP contribution is -1.83. The lowest BCUT2D eigenvalue weighted by Gasteiger charge is -1.94. The van der Waals surface area contributed by atoms with Crippen LogP contribution in [-0.2, 0) is 0 Å². The molecule has 0 saturated carbocycles.